The molecular weight excluding hydrogens is 234 g/mol. The second-order valence-electron chi connectivity index (χ2n) is 2.72. The van der Waals surface area contributed by atoms with Crippen molar-refractivity contribution in [3.63, 3.8) is 0 Å². The van der Waals surface area contributed by atoms with Gasteiger partial charge in [-0.25, -0.2) is 4.98 Å². The fraction of sp³-hybridized carbons (Fsp3) is 0.400. The van der Waals surface area contributed by atoms with Crippen LogP contribution in [0.4, 0.5) is 0 Å². The van der Waals surface area contributed by atoms with E-state index in [0.717, 1.165) is 22.1 Å². The van der Waals surface area contributed by atoms with Crippen LogP contribution >= 0.6 is 35.6 Å². The fourth-order valence-corrected chi connectivity index (χ4v) is 2.38. The molecule has 0 saturated carbocycles. The summed E-state index contributed by atoms with van der Waals surface area (Å²) in [6.07, 6.45) is 0.934. The van der Waals surface area contributed by atoms with Crippen molar-refractivity contribution < 1.29 is 0 Å². The number of thiocarbonyl (C=S) groups is 1. The van der Waals surface area contributed by atoms with Crippen LogP contribution < -0.4 is 0 Å². The van der Waals surface area contributed by atoms with Gasteiger partial charge in [0.05, 0.1) is 9.89 Å². The molecule has 0 amide bonds. The molecule has 0 aliphatic heterocycles. The SMILES string of the molecule is CCSC(=S)c1nc(Cl)ccc1CC. The maximum Gasteiger partial charge on any atom is 0.129 e. The highest BCUT2D eigenvalue weighted by Crippen LogP contribution is 2.19. The standard InChI is InChI=1S/C10H12ClNS2/c1-3-7-5-6-8(11)12-9(7)10(13)14-4-2/h5-6H,3-4H2,1-2H3. The van der Waals surface area contributed by atoms with Crippen molar-refractivity contribution >= 4 is 39.8 Å². The number of hydrogen-bond donors (Lipinski definition) is 0. The Kier molecular flexibility index (Phi) is 4.85. The summed E-state index contributed by atoms with van der Waals surface area (Å²) in [4.78, 5) is 4.27. The van der Waals surface area contributed by atoms with Gasteiger partial charge >= 0.3 is 0 Å². The average molecular weight is 246 g/mol. The number of rotatable bonds is 3. The van der Waals surface area contributed by atoms with Crippen LogP contribution in [0.15, 0.2) is 12.1 Å². The van der Waals surface area contributed by atoms with Gasteiger partial charge in [0.2, 0.25) is 0 Å². The monoisotopic (exact) mass is 245 g/mol. The van der Waals surface area contributed by atoms with Crippen molar-refractivity contribution in [2.24, 2.45) is 0 Å². The molecule has 1 aromatic heterocycles. The molecule has 0 radical (unpaired) electrons. The van der Waals surface area contributed by atoms with Gasteiger partial charge in [0.25, 0.3) is 0 Å². The van der Waals surface area contributed by atoms with Gasteiger partial charge in [-0.15, -0.1) is 11.8 Å². The summed E-state index contributed by atoms with van der Waals surface area (Å²) in [5.41, 5.74) is 2.04. The predicted molar refractivity (Wildman–Crippen MR) is 68.5 cm³/mol. The fourth-order valence-electron chi connectivity index (χ4n) is 1.13. The van der Waals surface area contributed by atoms with Crippen molar-refractivity contribution in [2.75, 3.05) is 5.75 Å². The van der Waals surface area contributed by atoms with Crippen LogP contribution in [-0.4, -0.2) is 14.9 Å². The van der Waals surface area contributed by atoms with Crippen LogP contribution in [0, 0.1) is 0 Å². The summed E-state index contributed by atoms with van der Waals surface area (Å²) in [6, 6.07) is 3.80. The number of halogens is 1. The number of aromatic nitrogens is 1. The predicted octanol–water partition coefficient (Wildman–Crippen LogP) is 3.73. The van der Waals surface area contributed by atoms with E-state index in [2.05, 4.69) is 18.8 Å². The quantitative estimate of drug-likeness (QED) is 0.595. The summed E-state index contributed by atoms with van der Waals surface area (Å²) in [5.74, 6) is 0.968. The topological polar surface area (TPSA) is 12.9 Å². The molecule has 0 bridgehead atoms. The first kappa shape index (κ1) is 12.0. The molecule has 0 spiro atoms. The van der Waals surface area contributed by atoms with E-state index in [1.807, 2.05) is 12.1 Å². The molecule has 76 valence electrons. The molecule has 0 unspecified atom stereocenters. The van der Waals surface area contributed by atoms with Crippen molar-refractivity contribution in [2.45, 2.75) is 20.3 Å². The van der Waals surface area contributed by atoms with E-state index in [0.29, 0.717) is 5.15 Å². The number of nitrogens with zero attached hydrogens (tertiary/aromatic N) is 1. The van der Waals surface area contributed by atoms with Gasteiger partial charge in [-0.05, 0) is 23.8 Å². The summed E-state index contributed by atoms with van der Waals surface area (Å²) >= 11 is 12.7. The Bertz CT molecular complexity index is 339. The molecule has 0 saturated heterocycles. The highest BCUT2D eigenvalue weighted by molar-refractivity contribution is 8.23. The Balaban J connectivity index is 3.03. The molecule has 0 atom stereocenters. The molecule has 0 aliphatic carbocycles. The van der Waals surface area contributed by atoms with Crippen LogP contribution in [0.3, 0.4) is 0 Å². The van der Waals surface area contributed by atoms with E-state index in [-0.39, 0.29) is 0 Å². The molecular formula is C10H12ClNS2. The second-order valence-corrected chi connectivity index (χ2v) is 5.04. The van der Waals surface area contributed by atoms with E-state index < -0.39 is 0 Å². The third-order valence-corrected chi connectivity index (χ3v) is 3.30. The normalized spacial score (nSPS) is 10.2. The smallest absolute Gasteiger partial charge is 0.129 e. The van der Waals surface area contributed by atoms with E-state index in [1.165, 1.54) is 5.56 Å². The lowest BCUT2D eigenvalue weighted by atomic mass is 10.1. The maximum absolute atomic E-state index is 5.84. The van der Waals surface area contributed by atoms with Gasteiger partial charge in [-0.1, -0.05) is 43.7 Å². The van der Waals surface area contributed by atoms with Gasteiger partial charge in [-0.2, -0.15) is 0 Å². The average Bonchev–Trinajstić information content (AvgIpc) is 2.18. The molecule has 0 aliphatic rings. The molecule has 1 rings (SSSR count). The Hall–Kier alpha value is -0.120. The van der Waals surface area contributed by atoms with Gasteiger partial charge in [0, 0.05) is 0 Å². The van der Waals surface area contributed by atoms with Gasteiger partial charge in [0.1, 0.15) is 5.15 Å². The molecule has 0 fully saturated rings. The van der Waals surface area contributed by atoms with Gasteiger partial charge < -0.3 is 0 Å². The molecule has 0 N–H and O–H groups in total. The Labute approximate surface area is 99.3 Å². The number of hydrogen-bond acceptors (Lipinski definition) is 3. The third-order valence-electron chi connectivity index (χ3n) is 1.79. The van der Waals surface area contributed by atoms with Crippen LogP contribution in [0.5, 0.6) is 0 Å². The van der Waals surface area contributed by atoms with Crippen LogP contribution in [0.1, 0.15) is 25.1 Å². The minimum Gasteiger partial charge on any atom is -0.234 e. The molecule has 0 aromatic carbocycles. The maximum atomic E-state index is 5.84. The first-order valence-corrected chi connectivity index (χ1v) is 6.28. The van der Waals surface area contributed by atoms with Crippen molar-refractivity contribution in [1.29, 1.82) is 0 Å². The zero-order chi connectivity index (χ0) is 10.6. The third kappa shape index (κ3) is 2.94. The van der Waals surface area contributed by atoms with Crippen molar-refractivity contribution in [3.8, 4) is 0 Å². The first-order valence-electron chi connectivity index (χ1n) is 4.51. The second kappa shape index (κ2) is 5.69. The zero-order valence-electron chi connectivity index (χ0n) is 8.21. The number of aryl methyl sites for hydroxylation is 1. The number of pyridine rings is 1. The van der Waals surface area contributed by atoms with E-state index in [1.54, 1.807) is 11.8 Å². The lowest BCUT2D eigenvalue weighted by molar-refractivity contribution is 1.09. The van der Waals surface area contributed by atoms with Crippen LogP contribution in [-0.2, 0) is 6.42 Å². The summed E-state index contributed by atoms with van der Waals surface area (Å²) < 4.78 is 0.840. The molecule has 4 heteroatoms. The summed E-state index contributed by atoms with van der Waals surface area (Å²) in [5, 5.41) is 0.510. The van der Waals surface area contributed by atoms with Crippen LogP contribution in [0.2, 0.25) is 5.15 Å². The molecule has 1 nitrogen and oxygen atoms in total. The minimum atomic E-state index is 0.510. The summed E-state index contributed by atoms with van der Waals surface area (Å²) in [7, 11) is 0. The lowest BCUT2D eigenvalue weighted by Crippen LogP contribution is -2.02. The van der Waals surface area contributed by atoms with E-state index >= 15 is 0 Å². The Morgan fingerprint density at radius 1 is 1.50 bits per heavy atom. The Morgan fingerprint density at radius 2 is 2.21 bits per heavy atom. The first-order chi connectivity index (χ1) is 6.69. The largest absolute Gasteiger partial charge is 0.234 e. The highest BCUT2D eigenvalue weighted by atomic mass is 35.5. The molecule has 1 aromatic rings. The van der Waals surface area contributed by atoms with E-state index in [9.17, 15) is 0 Å². The Morgan fingerprint density at radius 3 is 2.79 bits per heavy atom. The van der Waals surface area contributed by atoms with Gasteiger partial charge in [-0.3, -0.25) is 0 Å². The zero-order valence-corrected chi connectivity index (χ0v) is 10.6. The lowest BCUT2D eigenvalue weighted by Gasteiger charge is -2.07. The molecule has 14 heavy (non-hydrogen) atoms. The van der Waals surface area contributed by atoms with Gasteiger partial charge in [0.15, 0.2) is 0 Å². The highest BCUT2D eigenvalue weighted by Gasteiger charge is 2.08. The molecule has 1 heterocycles. The summed E-state index contributed by atoms with van der Waals surface area (Å²) in [6.45, 7) is 4.17. The van der Waals surface area contributed by atoms with E-state index in [4.69, 9.17) is 23.8 Å². The van der Waals surface area contributed by atoms with Crippen LogP contribution in [0.25, 0.3) is 0 Å². The van der Waals surface area contributed by atoms with Crippen molar-refractivity contribution in [1.82, 2.24) is 4.98 Å². The van der Waals surface area contributed by atoms with Crippen molar-refractivity contribution in [3.05, 3.63) is 28.5 Å². The minimum absolute atomic E-state index is 0.510. The number of thioether (sulfide) groups is 1.